The summed E-state index contributed by atoms with van der Waals surface area (Å²) in [6, 6.07) is 12.2. The van der Waals surface area contributed by atoms with Gasteiger partial charge in [0.25, 0.3) is 0 Å². The summed E-state index contributed by atoms with van der Waals surface area (Å²) < 4.78 is 1.83. The number of aliphatic hydroxyl groups is 1. The Kier molecular flexibility index (Phi) is 6.13. The van der Waals surface area contributed by atoms with Crippen LogP contribution in [0.3, 0.4) is 0 Å². The molecule has 5 heteroatoms. The Bertz CT molecular complexity index is 615. The van der Waals surface area contributed by atoms with E-state index in [0.29, 0.717) is 19.5 Å². The highest BCUT2D eigenvalue weighted by Gasteiger charge is 2.11. The minimum absolute atomic E-state index is 0.181. The van der Waals surface area contributed by atoms with Crippen LogP contribution in [0.5, 0.6) is 0 Å². The Morgan fingerprint density at radius 3 is 2.82 bits per heavy atom. The fourth-order valence-corrected chi connectivity index (χ4v) is 2.23. The average Bonchev–Trinajstić information content (AvgIpc) is 2.96. The van der Waals surface area contributed by atoms with Crippen molar-refractivity contribution in [1.82, 2.24) is 15.1 Å². The standard InChI is InChI=1S/C17H22N4O/c1-14(13-22)10-19-11-16-12-21(9-5-8-18)20-17(16)15-6-3-2-4-7-15/h2-4,6-7,12,14,19,22H,5,9-11,13H2,1H3. The van der Waals surface area contributed by atoms with Gasteiger partial charge < -0.3 is 10.4 Å². The van der Waals surface area contributed by atoms with Crippen molar-refractivity contribution in [1.29, 1.82) is 5.26 Å². The zero-order chi connectivity index (χ0) is 15.8. The molecule has 2 N–H and O–H groups in total. The molecule has 0 aliphatic heterocycles. The number of aliphatic hydroxyl groups excluding tert-OH is 1. The zero-order valence-corrected chi connectivity index (χ0v) is 12.9. The number of hydrogen-bond donors (Lipinski definition) is 2. The number of benzene rings is 1. The van der Waals surface area contributed by atoms with Crippen molar-refractivity contribution in [3.8, 4) is 17.3 Å². The van der Waals surface area contributed by atoms with E-state index in [0.717, 1.165) is 23.4 Å². The molecule has 22 heavy (non-hydrogen) atoms. The van der Waals surface area contributed by atoms with Crippen LogP contribution < -0.4 is 5.32 Å². The molecule has 0 spiro atoms. The van der Waals surface area contributed by atoms with E-state index < -0.39 is 0 Å². The summed E-state index contributed by atoms with van der Waals surface area (Å²) in [5, 5.41) is 25.8. The van der Waals surface area contributed by atoms with E-state index in [-0.39, 0.29) is 12.5 Å². The average molecular weight is 298 g/mol. The highest BCUT2D eigenvalue weighted by molar-refractivity contribution is 5.62. The maximum absolute atomic E-state index is 9.08. The molecule has 0 bridgehead atoms. The third-order valence-corrected chi connectivity index (χ3v) is 3.46. The van der Waals surface area contributed by atoms with Gasteiger partial charge in [0.1, 0.15) is 0 Å². The number of nitriles is 1. The summed E-state index contributed by atoms with van der Waals surface area (Å²) in [7, 11) is 0. The first-order chi connectivity index (χ1) is 10.7. The van der Waals surface area contributed by atoms with Crippen molar-refractivity contribution in [2.24, 2.45) is 5.92 Å². The van der Waals surface area contributed by atoms with Gasteiger partial charge in [-0.2, -0.15) is 10.4 Å². The highest BCUT2D eigenvalue weighted by Crippen LogP contribution is 2.22. The molecule has 2 aromatic rings. The molecule has 1 aromatic carbocycles. The fraction of sp³-hybridized carbons (Fsp3) is 0.412. The lowest BCUT2D eigenvalue weighted by atomic mass is 10.1. The molecular weight excluding hydrogens is 276 g/mol. The minimum atomic E-state index is 0.181. The minimum Gasteiger partial charge on any atom is -0.396 e. The number of nitrogens with one attached hydrogen (secondary N) is 1. The van der Waals surface area contributed by atoms with E-state index in [4.69, 9.17) is 10.4 Å². The predicted octanol–water partition coefficient (Wildman–Crippen LogP) is 2.18. The van der Waals surface area contributed by atoms with E-state index in [2.05, 4.69) is 16.5 Å². The van der Waals surface area contributed by atoms with Crippen molar-refractivity contribution >= 4 is 0 Å². The van der Waals surface area contributed by atoms with Crippen molar-refractivity contribution in [3.05, 3.63) is 42.1 Å². The van der Waals surface area contributed by atoms with Crippen LogP contribution in [0.4, 0.5) is 0 Å². The Morgan fingerprint density at radius 1 is 1.36 bits per heavy atom. The van der Waals surface area contributed by atoms with Crippen molar-refractivity contribution in [2.45, 2.75) is 26.4 Å². The van der Waals surface area contributed by atoms with E-state index >= 15 is 0 Å². The van der Waals surface area contributed by atoms with Crippen LogP contribution in [-0.4, -0.2) is 28.0 Å². The topological polar surface area (TPSA) is 73.9 Å². The van der Waals surface area contributed by atoms with Gasteiger partial charge in [0.15, 0.2) is 0 Å². The smallest absolute Gasteiger partial charge is 0.0968 e. The van der Waals surface area contributed by atoms with Gasteiger partial charge in [-0.25, -0.2) is 0 Å². The molecule has 0 saturated heterocycles. The van der Waals surface area contributed by atoms with Crippen molar-refractivity contribution in [2.75, 3.05) is 13.2 Å². The summed E-state index contributed by atoms with van der Waals surface area (Å²) in [5.74, 6) is 0.230. The largest absolute Gasteiger partial charge is 0.396 e. The molecule has 0 aliphatic carbocycles. The van der Waals surface area contributed by atoms with E-state index in [1.807, 2.05) is 48.1 Å². The summed E-state index contributed by atoms with van der Waals surface area (Å²) in [5.41, 5.74) is 3.13. The Hall–Kier alpha value is -2.16. The molecule has 2 rings (SSSR count). The van der Waals surface area contributed by atoms with E-state index in [9.17, 15) is 0 Å². The first-order valence-electron chi connectivity index (χ1n) is 7.55. The SMILES string of the molecule is CC(CO)CNCc1cn(CCC#N)nc1-c1ccccc1. The maximum Gasteiger partial charge on any atom is 0.0968 e. The van der Waals surface area contributed by atoms with Gasteiger partial charge in [0.05, 0.1) is 24.7 Å². The second-order valence-electron chi connectivity index (χ2n) is 5.46. The highest BCUT2D eigenvalue weighted by atomic mass is 16.3. The van der Waals surface area contributed by atoms with Crippen LogP contribution in [0, 0.1) is 17.2 Å². The van der Waals surface area contributed by atoms with E-state index in [1.54, 1.807) is 0 Å². The lowest BCUT2D eigenvalue weighted by molar-refractivity contribution is 0.233. The second kappa shape index (κ2) is 8.32. The normalized spacial score (nSPS) is 12.0. The lowest BCUT2D eigenvalue weighted by Crippen LogP contribution is -2.22. The molecule has 0 amide bonds. The summed E-state index contributed by atoms with van der Waals surface area (Å²) in [6.07, 6.45) is 2.45. The number of aromatic nitrogens is 2. The molecule has 0 saturated carbocycles. The molecule has 1 aromatic heterocycles. The molecule has 0 aliphatic rings. The fourth-order valence-electron chi connectivity index (χ4n) is 2.23. The molecule has 0 fully saturated rings. The molecule has 5 nitrogen and oxygen atoms in total. The third-order valence-electron chi connectivity index (χ3n) is 3.46. The van der Waals surface area contributed by atoms with Gasteiger partial charge in [-0.3, -0.25) is 4.68 Å². The van der Waals surface area contributed by atoms with E-state index in [1.165, 1.54) is 0 Å². The zero-order valence-electron chi connectivity index (χ0n) is 12.9. The van der Waals surface area contributed by atoms with Crippen LogP contribution in [0.15, 0.2) is 36.5 Å². The van der Waals surface area contributed by atoms with Gasteiger partial charge in [-0.05, 0) is 5.92 Å². The van der Waals surface area contributed by atoms with Crippen LogP contribution in [-0.2, 0) is 13.1 Å². The monoisotopic (exact) mass is 298 g/mol. The second-order valence-corrected chi connectivity index (χ2v) is 5.46. The number of hydrogen-bond acceptors (Lipinski definition) is 4. The molecule has 1 heterocycles. The van der Waals surface area contributed by atoms with Crippen molar-refractivity contribution in [3.63, 3.8) is 0 Å². The van der Waals surface area contributed by atoms with Crippen LogP contribution in [0.1, 0.15) is 18.9 Å². The van der Waals surface area contributed by atoms with Crippen LogP contribution >= 0.6 is 0 Å². The van der Waals surface area contributed by atoms with Crippen molar-refractivity contribution < 1.29 is 5.11 Å². The third kappa shape index (κ3) is 4.42. The Balaban J connectivity index is 2.15. The molecule has 116 valence electrons. The molecule has 1 atom stereocenters. The molecular formula is C17H22N4O. The first kappa shape index (κ1) is 16.2. The van der Waals surface area contributed by atoms with Gasteiger partial charge >= 0.3 is 0 Å². The molecule has 1 unspecified atom stereocenters. The Labute approximate surface area is 131 Å². The number of rotatable bonds is 8. The Morgan fingerprint density at radius 2 is 2.14 bits per heavy atom. The first-order valence-corrected chi connectivity index (χ1v) is 7.55. The predicted molar refractivity (Wildman–Crippen MR) is 85.8 cm³/mol. The maximum atomic E-state index is 9.08. The summed E-state index contributed by atoms with van der Waals surface area (Å²) in [4.78, 5) is 0. The summed E-state index contributed by atoms with van der Waals surface area (Å²) >= 11 is 0. The lowest BCUT2D eigenvalue weighted by Gasteiger charge is -2.09. The van der Waals surface area contributed by atoms with Gasteiger partial charge in [0.2, 0.25) is 0 Å². The summed E-state index contributed by atoms with van der Waals surface area (Å²) in [6.45, 7) is 4.24. The van der Waals surface area contributed by atoms with Crippen LogP contribution in [0.2, 0.25) is 0 Å². The van der Waals surface area contributed by atoms with Gasteiger partial charge in [-0.1, -0.05) is 37.3 Å². The quantitative estimate of drug-likeness (QED) is 0.783. The number of nitrogens with zero attached hydrogens (tertiary/aromatic N) is 3. The van der Waals surface area contributed by atoms with Gasteiger partial charge in [0, 0.05) is 37.0 Å². The molecule has 0 radical (unpaired) electrons. The van der Waals surface area contributed by atoms with Crippen LogP contribution in [0.25, 0.3) is 11.3 Å². The number of aryl methyl sites for hydroxylation is 1. The van der Waals surface area contributed by atoms with Gasteiger partial charge in [-0.15, -0.1) is 0 Å².